The highest BCUT2D eigenvalue weighted by Gasteiger charge is 2.08. The summed E-state index contributed by atoms with van der Waals surface area (Å²) in [7, 11) is 0. The Balaban J connectivity index is 2.30. The average molecular weight is 271 g/mol. The maximum Gasteiger partial charge on any atom is 0.179 e. The fourth-order valence-electron chi connectivity index (χ4n) is 1.12. The molecule has 82 valence electrons. The van der Waals surface area contributed by atoms with Gasteiger partial charge in [-0.2, -0.15) is 0 Å². The summed E-state index contributed by atoms with van der Waals surface area (Å²) in [5.74, 6) is 0. The predicted molar refractivity (Wildman–Crippen MR) is 65.6 cm³/mol. The normalized spacial score (nSPS) is 10.4. The van der Waals surface area contributed by atoms with Crippen molar-refractivity contribution in [3.05, 3.63) is 33.8 Å². The van der Waals surface area contributed by atoms with Gasteiger partial charge in [0.05, 0.1) is 0 Å². The lowest BCUT2D eigenvalue weighted by Crippen LogP contribution is -1.84. The van der Waals surface area contributed by atoms with Gasteiger partial charge < -0.3 is 0 Å². The number of hydrogen-bond donors (Lipinski definition) is 0. The fraction of sp³-hybridized carbons (Fsp3) is 0.100. The molecule has 1 aromatic carbocycles. The van der Waals surface area contributed by atoms with Crippen molar-refractivity contribution in [2.75, 3.05) is 0 Å². The molecule has 2 rings (SSSR count). The second kappa shape index (κ2) is 4.95. The topological polar surface area (TPSA) is 42.9 Å². The van der Waals surface area contributed by atoms with Crippen LogP contribution in [0.25, 0.3) is 0 Å². The second-order valence-electron chi connectivity index (χ2n) is 2.99. The van der Waals surface area contributed by atoms with Gasteiger partial charge in [-0.25, -0.2) is 0 Å². The molecule has 0 aliphatic heterocycles. The van der Waals surface area contributed by atoms with Gasteiger partial charge in [0.2, 0.25) is 0 Å². The number of carbonyl (C=O) groups is 1. The Morgan fingerprint density at radius 3 is 2.88 bits per heavy atom. The highest BCUT2D eigenvalue weighted by molar-refractivity contribution is 8.01. The third kappa shape index (κ3) is 2.61. The van der Waals surface area contributed by atoms with E-state index in [2.05, 4.69) is 10.2 Å². The van der Waals surface area contributed by atoms with Crippen molar-refractivity contribution in [1.82, 2.24) is 10.2 Å². The largest absolute Gasteiger partial charge is 0.298 e. The zero-order valence-corrected chi connectivity index (χ0v) is 10.7. The maximum absolute atomic E-state index is 10.9. The number of carbonyl (C=O) groups excluding carboxylic acids is 1. The first-order valence-corrected chi connectivity index (χ1v) is 6.43. The van der Waals surface area contributed by atoms with E-state index in [4.69, 9.17) is 11.6 Å². The number of aldehydes is 1. The van der Waals surface area contributed by atoms with Crippen LogP contribution in [0.3, 0.4) is 0 Å². The van der Waals surface area contributed by atoms with Gasteiger partial charge >= 0.3 is 0 Å². The molecule has 1 heterocycles. The van der Waals surface area contributed by atoms with E-state index in [9.17, 15) is 4.79 Å². The van der Waals surface area contributed by atoms with Crippen LogP contribution in [0.15, 0.2) is 27.4 Å². The lowest BCUT2D eigenvalue weighted by atomic mass is 10.2. The first kappa shape index (κ1) is 11.6. The number of aryl methyl sites for hydroxylation is 1. The zero-order valence-electron chi connectivity index (χ0n) is 8.31. The van der Waals surface area contributed by atoms with Gasteiger partial charge in [-0.05, 0) is 25.1 Å². The fourth-order valence-corrected chi connectivity index (χ4v) is 3.14. The van der Waals surface area contributed by atoms with Crippen molar-refractivity contribution in [2.45, 2.75) is 16.2 Å². The molecule has 0 radical (unpaired) electrons. The Kier molecular flexibility index (Phi) is 3.58. The quantitative estimate of drug-likeness (QED) is 0.801. The number of benzene rings is 1. The Hall–Kier alpha value is -0.910. The van der Waals surface area contributed by atoms with Gasteiger partial charge in [0.25, 0.3) is 0 Å². The molecule has 0 amide bonds. The molecule has 6 heteroatoms. The molecule has 3 nitrogen and oxygen atoms in total. The minimum Gasteiger partial charge on any atom is -0.298 e. The monoisotopic (exact) mass is 270 g/mol. The average Bonchev–Trinajstić information content (AvgIpc) is 2.67. The standard InChI is InChI=1S/C10H7ClN2OS2/c1-6-12-13-10(15-6)16-9-3-2-8(11)4-7(9)5-14/h2-5H,1H3. The van der Waals surface area contributed by atoms with Gasteiger partial charge in [-0.15, -0.1) is 10.2 Å². The molecule has 0 spiro atoms. The maximum atomic E-state index is 10.9. The Morgan fingerprint density at radius 2 is 2.25 bits per heavy atom. The van der Waals surface area contributed by atoms with Crippen molar-refractivity contribution in [2.24, 2.45) is 0 Å². The number of aromatic nitrogens is 2. The molecule has 0 aliphatic rings. The van der Waals surface area contributed by atoms with Crippen molar-refractivity contribution in [3.8, 4) is 0 Å². The second-order valence-corrected chi connectivity index (χ2v) is 5.90. The lowest BCUT2D eigenvalue weighted by Gasteiger charge is -2.01. The van der Waals surface area contributed by atoms with Crippen LogP contribution in [0.5, 0.6) is 0 Å². The summed E-state index contributed by atoms with van der Waals surface area (Å²) < 4.78 is 0.822. The van der Waals surface area contributed by atoms with Crippen LogP contribution in [0.2, 0.25) is 5.02 Å². The summed E-state index contributed by atoms with van der Waals surface area (Å²) >= 11 is 8.73. The Morgan fingerprint density at radius 1 is 1.44 bits per heavy atom. The summed E-state index contributed by atoms with van der Waals surface area (Å²) in [5, 5.41) is 9.37. The first-order chi connectivity index (χ1) is 7.69. The molecule has 0 atom stereocenters. The minimum atomic E-state index is 0.555. The number of halogens is 1. The van der Waals surface area contributed by atoms with E-state index in [1.54, 1.807) is 12.1 Å². The molecule has 0 N–H and O–H groups in total. The van der Waals surface area contributed by atoms with Crippen LogP contribution in [0.4, 0.5) is 0 Å². The molecule has 0 saturated heterocycles. The minimum absolute atomic E-state index is 0.555. The van der Waals surface area contributed by atoms with Gasteiger partial charge in [0.15, 0.2) is 10.6 Å². The van der Waals surface area contributed by atoms with E-state index in [-0.39, 0.29) is 0 Å². The molecule has 2 aromatic rings. The van der Waals surface area contributed by atoms with E-state index < -0.39 is 0 Å². The van der Waals surface area contributed by atoms with Crippen molar-refractivity contribution >= 4 is 41.0 Å². The van der Waals surface area contributed by atoms with Gasteiger partial charge in [0, 0.05) is 15.5 Å². The van der Waals surface area contributed by atoms with Crippen LogP contribution in [0.1, 0.15) is 15.4 Å². The number of nitrogens with zero attached hydrogens (tertiary/aromatic N) is 2. The summed E-state index contributed by atoms with van der Waals surface area (Å²) in [5.41, 5.74) is 0.574. The third-order valence-corrected chi connectivity index (χ3v) is 4.02. The highest BCUT2D eigenvalue weighted by atomic mass is 35.5. The van der Waals surface area contributed by atoms with Crippen molar-refractivity contribution in [3.63, 3.8) is 0 Å². The Bertz CT molecular complexity index is 527. The smallest absolute Gasteiger partial charge is 0.179 e. The van der Waals surface area contributed by atoms with Gasteiger partial charge in [0.1, 0.15) is 5.01 Å². The van der Waals surface area contributed by atoms with Crippen molar-refractivity contribution < 1.29 is 4.79 Å². The summed E-state index contributed by atoms with van der Waals surface area (Å²) in [4.78, 5) is 11.7. The molecule has 0 fully saturated rings. The molecule has 16 heavy (non-hydrogen) atoms. The SMILES string of the molecule is Cc1nnc(Sc2ccc(Cl)cc2C=O)s1. The van der Waals surface area contributed by atoms with Crippen LogP contribution in [0, 0.1) is 6.92 Å². The van der Waals surface area contributed by atoms with Crippen molar-refractivity contribution in [1.29, 1.82) is 0 Å². The van der Waals surface area contributed by atoms with E-state index in [1.807, 2.05) is 13.0 Å². The predicted octanol–water partition coefficient (Wildman–Crippen LogP) is 3.46. The molecule has 0 aliphatic carbocycles. The van der Waals surface area contributed by atoms with E-state index in [0.717, 1.165) is 20.5 Å². The molecule has 0 unspecified atom stereocenters. The van der Waals surface area contributed by atoms with E-state index in [1.165, 1.54) is 23.1 Å². The van der Waals surface area contributed by atoms with Crippen LogP contribution < -0.4 is 0 Å². The van der Waals surface area contributed by atoms with E-state index >= 15 is 0 Å². The lowest BCUT2D eigenvalue weighted by molar-refractivity contribution is 0.112. The van der Waals surface area contributed by atoms with Crippen LogP contribution in [-0.4, -0.2) is 16.5 Å². The molecular formula is C10H7ClN2OS2. The number of hydrogen-bond acceptors (Lipinski definition) is 5. The summed E-state index contributed by atoms with van der Waals surface area (Å²) in [6.45, 7) is 1.89. The molecular weight excluding hydrogens is 264 g/mol. The van der Waals surface area contributed by atoms with Gasteiger partial charge in [-0.3, -0.25) is 4.79 Å². The van der Waals surface area contributed by atoms with Gasteiger partial charge in [-0.1, -0.05) is 34.7 Å². The molecule has 0 saturated carbocycles. The summed E-state index contributed by atoms with van der Waals surface area (Å²) in [6.07, 6.45) is 0.794. The third-order valence-electron chi connectivity index (χ3n) is 1.80. The first-order valence-electron chi connectivity index (χ1n) is 4.42. The number of rotatable bonds is 3. The van der Waals surface area contributed by atoms with Crippen LogP contribution >= 0.6 is 34.7 Å². The molecule has 0 bridgehead atoms. The molecule has 1 aromatic heterocycles. The Labute approximate surface area is 106 Å². The van der Waals surface area contributed by atoms with E-state index in [0.29, 0.717) is 10.6 Å². The summed E-state index contributed by atoms with van der Waals surface area (Å²) in [6, 6.07) is 5.21. The van der Waals surface area contributed by atoms with Crippen LogP contribution in [-0.2, 0) is 0 Å². The highest BCUT2D eigenvalue weighted by Crippen LogP contribution is 2.32. The zero-order chi connectivity index (χ0) is 11.5.